The number of benzene rings is 1. The Balaban J connectivity index is 1.56. The Labute approximate surface area is 193 Å². The molecule has 0 radical (unpaired) electrons. The fourth-order valence-electron chi connectivity index (χ4n) is 4.40. The molecule has 1 fully saturated rings. The number of aromatic amines is 1. The Morgan fingerprint density at radius 2 is 2.12 bits per heavy atom. The van der Waals surface area contributed by atoms with E-state index in [1.807, 2.05) is 10.6 Å². The Morgan fingerprint density at radius 1 is 1.35 bits per heavy atom. The number of allylic oxidation sites excluding steroid dienone is 2. The number of nitrogens with one attached hydrogen (secondary N) is 1. The summed E-state index contributed by atoms with van der Waals surface area (Å²) >= 11 is 0. The minimum absolute atomic E-state index is 0.0396. The van der Waals surface area contributed by atoms with Gasteiger partial charge < -0.3 is 20.5 Å². The average molecular weight is 460 g/mol. The lowest BCUT2D eigenvalue weighted by Crippen LogP contribution is -2.26. The van der Waals surface area contributed by atoms with Crippen molar-refractivity contribution in [2.24, 2.45) is 5.73 Å². The van der Waals surface area contributed by atoms with Gasteiger partial charge >= 0.3 is 0 Å². The molecule has 1 amide bonds. The number of primary amides is 1. The number of aromatic nitrogens is 5. The van der Waals surface area contributed by atoms with Gasteiger partial charge in [0.05, 0.1) is 18.2 Å². The molecule has 9 nitrogen and oxygen atoms in total. The van der Waals surface area contributed by atoms with Crippen LogP contribution in [0.1, 0.15) is 65.6 Å². The zero-order chi connectivity index (χ0) is 23.8. The number of carbonyl (C=O) groups is 1. The molecule has 2 bridgehead atoms. The van der Waals surface area contributed by atoms with Gasteiger partial charge in [0.2, 0.25) is 0 Å². The van der Waals surface area contributed by atoms with Crippen LogP contribution in [0.5, 0.6) is 0 Å². The smallest absolute Gasteiger partial charge is 0.269 e. The number of nitrogens with two attached hydrogens (primary N) is 1. The van der Waals surface area contributed by atoms with E-state index in [2.05, 4.69) is 32.0 Å². The summed E-state index contributed by atoms with van der Waals surface area (Å²) in [5, 5.41) is 26.6. The van der Waals surface area contributed by atoms with Crippen LogP contribution >= 0.6 is 0 Å². The fraction of sp³-hybridized carbons (Fsp3) is 0.333. The van der Waals surface area contributed by atoms with Crippen molar-refractivity contribution in [3.63, 3.8) is 0 Å². The first-order valence-corrected chi connectivity index (χ1v) is 11.0. The topological polar surface area (TPSA) is 143 Å². The number of H-pyrrole nitrogens is 1. The van der Waals surface area contributed by atoms with E-state index in [0.29, 0.717) is 40.8 Å². The van der Waals surface area contributed by atoms with Gasteiger partial charge in [-0.05, 0) is 49.5 Å². The maximum atomic E-state index is 14.9. The molecular weight excluding hydrogens is 439 g/mol. The van der Waals surface area contributed by atoms with Crippen molar-refractivity contribution < 1.29 is 19.4 Å². The van der Waals surface area contributed by atoms with Crippen LogP contribution in [0.2, 0.25) is 0 Å². The van der Waals surface area contributed by atoms with Gasteiger partial charge in [-0.2, -0.15) is 5.10 Å². The molecule has 2 aliphatic carbocycles. The Kier molecular flexibility index (Phi) is 4.33. The first kappa shape index (κ1) is 20.8. The lowest BCUT2D eigenvalue weighted by Gasteiger charge is -2.26. The maximum absolute atomic E-state index is 14.9. The van der Waals surface area contributed by atoms with Crippen LogP contribution in [-0.4, -0.2) is 53.1 Å². The van der Waals surface area contributed by atoms with Gasteiger partial charge in [-0.1, -0.05) is 17.9 Å². The van der Waals surface area contributed by atoms with Crippen molar-refractivity contribution in [3.8, 4) is 34.7 Å². The minimum atomic E-state index is -1.67. The molecule has 5 N–H and O–H groups in total. The molecule has 1 aromatic carbocycles. The Morgan fingerprint density at radius 3 is 2.79 bits per heavy atom. The van der Waals surface area contributed by atoms with Gasteiger partial charge in [-0.15, -0.1) is 0 Å². The number of rotatable bonds is 4. The fourth-order valence-corrected chi connectivity index (χ4v) is 4.40. The van der Waals surface area contributed by atoms with Crippen LogP contribution in [0.15, 0.2) is 18.2 Å². The first-order chi connectivity index (χ1) is 16.3. The lowest BCUT2D eigenvalue weighted by molar-refractivity contribution is 0.0518. The van der Waals surface area contributed by atoms with Crippen LogP contribution in [0.3, 0.4) is 0 Å². The highest BCUT2D eigenvalue weighted by atomic mass is 19.1. The van der Waals surface area contributed by atoms with Crippen molar-refractivity contribution in [1.29, 1.82) is 0 Å². The quantitative estimate of drug-likeness (QED) is 0.438. The standard InChI is InChI=1S/C24H21FN6O3/c1-24(34,10-32)5-4-12-8-16-15(9-17(12)25)13-6-14(7-13)31-19(18(20(26)33)27-23(16)31)22-28-21(29-30-22)11-2-3-11/h6,8-9,11,14,32,34H,2-3,7,10H2,1H3,(H2,26,33)(H,28,29,30). The molecule has 4 aliphatic rings. The highest BCUT2D eigenvalue weighted by molar-refractivity contribution is 5.98. The SMILES string of the molecule is CC(O)(C#Cc1cc2c(cc1F)C1=CC(C1)n1c-2nc(C(N)=O)c1-c1n[nH]c(C2CC2)n1)CO. The van der Waals surface area contributed by atoms with E-state index in [1.54, 1.807) is 6.07 Å². The van der Waals surface area contributed by atoms with Crippen LogP contribution in [0, 0.1) is 17.7 Å². The van der Waals surface area contributed by atoms with Gasteiger partial charge in [0.1, 0.15) is 28.8 Å². The molecule has 2 atom stereocenters. The highest BCUT2D eigenvalue weighted by Crippen LogP contribution is 2.49. The number of nitrogens with zero attached hydrogens (tertiary/aromatic N) is 4. The third kappa shape index (κ3) is 3.16. The zero-order valence-corrected chi connectivity index (χ0v) is 18.3. The average Bonchev–Trinajstić information content (AvgIpc) is 3.43. The molecule has 2 aromatic heterocycles. The van der Waals surface area contributed by atoms with Crippen molar-refractivity contribution in [3.05, 3.63) is 46.7 Å². The van der Waals surface area contributed by atoms with E-state index in [0.717, 1.165) is 24.2 Å². The normalized spacial score (nSPS) is 19.5. The van der Waals surface area contributed by atoms with E-state index in [1.165, 1.54) is 13.0 Å². The monoisotopic (exact) mass is 460 g/mol. The van der Waals surface area contributed by atoms with Gasteiger partial charge in [0.15, 0.2) is 11.5 Å². The molecule has 2 unspecified atom stereocenters. The van der Waals surface area contributed by atoms with Gasteiger partial charge in [0, 0.05) is 11.5 Å². The predicted octanol–water partition coefficient (Wildman–Crippen LogP) is 1.89. The second kappa shape index (κ2) is 7.09. The van der Waals surface area contributed by atoms with Crippen molar-refractivity contribution in [2.75, 3.05) is 6.61 Å². The van der Waals surface area contributed by atoms with E-state index >= 15 is 0 Å². The molecule has 0 saturated heterocycles. The van der Waals surface area contributed by atoms with Crippen LogP contribution in [0.25, 0.3) is 28.5 Å². The highest BCUT2D eigenvalue weighted by Gasteiger charge is 2.38. The van der Waals surface area contributed by atoms with Gasteiger partial charge in [-0.3, -0.25) is 9.89 Å². The van der Waals surface area contributed by atoms with Gasteiger partial charge in [0.25, 0.3) is 5.91 Å². The Hall–Kier alpha value is -3.81. The molecule has 2 aliphatic heterocycles. The van der Waals surface area contributed by atoms with E-state index in [4.69, 9.17) is 5.73 Å². The summed E-state index contributed by atoms with van der Waals surface area (Å²) in [5.41, 5.74) is 6.76. The molecule has 3 aromatic rings. The zero-order valence-electron chi connectivity index (χ0n) is 18.3. The molecule has 172 valence electrons. The molecule has 0 spiro atoms. The number of amides is 1. The Bertz CT molecular complexity index is 1470. The maximum Gasteiger partial charge on any atom is 0.269 e. The predicted molar refractivity (Wildman–Crippen MR) is 120 cm³/mol. The molecule has 4 heterocycles. The van der Waals surface area contributed by atoms with E-state index in [9.17, 15) is 19.4 Å². The molecule has 34 heavy (non-hydrogen) atoms. The lowest BCUT2D eigenvalue weighted by atomic mass is 9.86. The second-order valence-electron chi connectivity index (χ2n) is 9.21. The van der Waals surface area contributed by atoms with Crippen LogP contribution in [0.4, 0.5) is 4.39 Å². The number of hydrogen-bond donors (Lipinski definition) is 4. The number of hydrogen-bond acceptors (Lipinski definition) is 6. The third-order valence-electron chi connectivity index (χ3n) is 6.45. The first-order valence-electron chi connectivity index (χ1n) is 11.0. The summed E-state index contributed by atoms with van der Waals surface area (Å²) < 4.78 is 16.8. The third-order valence-corrected chi connectivity index (χ3v) is 6.45. The largest absolute Gasteiger partial charge is 0.392 e. The summed E-state index contributed by atoms with van der Waals surface area (Å²) in [7, 11) is 0. The number of imidazole rings is 1. The molecular formula is C24H21FN6O3. The van der Waals surface area contributed by atoms with E-state index < -0.39 is 23.9 Å². The van der Waals surface area contributed by atoms with Gasteiger partial charge in [-0.25, -0.2) is 14.4 Å². The van der Waals surface area contributed by atoms with E-state index in [-0.39, 0.29) is 17.3 Å². The summed E-state index contributed by atoms with van der Waals surface area (Å²) in [6, 6.07) is 2.83. The number of aliphatic hydroxyl groups is 2. The number of aliphatic hydroxyl groups excluding tert-OH is 1. The minimum Gasteiger partial charge on any atom is -0.392 e. The molecule has 1 saturated carbocycles. The summed E-state index contributed by atoms with van der Waals surface area (Å²) in [6.07, 6.45) is 4.72. The summed E-state index contributed by atoms with van der Waals surface area (Å²) in [6.45, 7) is 0.752. The van der Waals surface area contributed by atoms with Crippen LogP contribution in [-0.2, 0) is 0 Å². The second-order valence-corrected chi connectivity index (χ2v) is 9.21. The summed E-state index contributed by atoms with van der Waals surface area (Å²) in [4.78, 5) is 21.6. The van der Waals surface area contributed by atoms with Crippen molar-refractivity contribution in [2.45, 2.75) is 43.7 Å². The molecule has 10 heteroatoms. The van der Waals surface area contributed by atoms with Crippen LogP contribution < -0.4 is 5.73 Å². The summed E-state index contributed by atoms with van der Waals surface area (Å²) in [5.74, 6) is 5.76. The van der Waals surface area contributed by atoms with Crippen molar-refractivity contribution in [1.82, 2.24) is 24.7 Å². The number of halogens is 1. The number of carbonyl (C=O) groups excluding carboxylic acids is 1. The van der Waals surface area contributed by atoms with Crippen molar-refractivity contribution >= 4 is 11.5 Å². The molecule has 7 rings (SSSR count).